The van der Waals surface area contributed by atoms with E-state index in [1.54, 1.807) is 13.1 Å². The maximum atomic E-state index is 12.0. The number of rotatable bonds is 1. The molecule has 3 heteroatoms. The normalized spacial score (nSPS) is 19.5. The molecule has 0 saturated heterocycles. The molecule has 1 atom stereocenters. The quantitative estimate of drug-likeness (QED) is 0.696. The van der Waals surface area contributed by atoms with Crippen molar-refractivity contribution in [2.45, 2.75) is 12.8 Å². The summed E-state index contributed by atoms with van der Waals surface area (Å²) in [6, 6.07) is 7.51. The summed E-state index contributed by atoms with van der Waals surface area (Å²) in [6.07, 6.45) is 1.43. The second kappa shape index (κ2) is 3.85. The van der Waals surface area contributed by atoms with E-state index in [-0.39, 0.29) is 11.7 Å². The maximum Gasteiger partial charge on any atom is 0.230 e. The number of carbonyl (C=O) groups is 2. The topological polar surface area (TPSA) is 46.2 Å². The lowest BCUT2D eigenvalue weighted by atomic mass is 9.82. The van der Waals surface area contributed by atoms with E-state index in [4.69, 9.17) is 0 Å². The minimum Gasteiger partial charge on any atom is -0.359 e. The van der Waals surface area contributed by atoms with E-state index in [9.17, 15) is 9.59 Å². The Morgan fingerprint density at radius 3 is 2.87 bits per heavy atom. The van der Waals surface area contributed by atoms with Gasteiger partial charge in [0.2, 0.25) is 5.91 Å². The molecule has 15 heavy (non-hydrogen) atoms. The zero-order valence-corrected chi connectivity index (χ0v) is 8.62. The van der Waals surface area contributed by atoms with Crippen molar-refractivity contribution in [1.82, 2.24) is 5.32 Å². The molecule has 1 aromatic carbocycles. The van der Waals surface area contributed by atoms with Gasteiger partial charge in [-0.05, 0) is 18.4 Å². The van der Waals surface area contributed by atoms with Gasteiger partial charge in [0.15, 0.2) is 5.78 Å². The number of fused-ring (bicyclic) bond motifs is 1. The average molecular weight is 203 g/mol. The van der Waals surface area contributed by atoms with Crippen LogP contribution >= 0.6 is 0 Å². The molecule has 1 amide bonds. The lowest BCUT2D eigenvalue weighted by Gasteiger charge is -2.21. The van der Waals surface area contributed by atoms with Crippen LogP contribution in [0.25, 0.3) is 0 Å². The third-order valence-corrected chi connectivity index (χ3v) is 2.86. The molecular formula is C12H13NO2. The highest BCUT2D eigenvalue weighted by atomic mass is 16.2. The van der Waals surface area contributed by atoms with Crippen LogP contribution in [-0.4, -0.2) is 18.7 Å². The molecule has 0 bridgehead atoms. The Balaban J connectivity index is 2.34. The smallest absolute Gasteiger partial charge is 0.230 e. The highest BCUT2D eigenvalue weighted by Crippen LogP contribution is 2.25. The summed E-state index contributed by atoms with van der Waals surface area (Å²) in [6.45, 7) is 0. The molecule has 1 unspecified atom stereocenters. The fraction of sp³-hybridized carbons (Fsp3) is 0.333. The van der Waals surface area contributed by atoms with Gasteiger partial charge in [-0.2, -0.15) is 0 Å². The summed E-state index contributed by atoms with van der Waals surface area (Å²) in [5, 5.41) is 2.54. The Hall–Kier alpha value is -1.64. The Kier molecular flexibility index (Phi) is 2.54. The number of Topliss-reactive ketones (excluding diaryl/α,β-unsaturated/α-hetero) is 1. The van der Waals surface area contributed by atoms with Crippen molar-refractivity contribution in [3.05, 3.63) is 35.4 Å². The van der Waals surface area contributed by atoms with Crippen LogP contribution in [0.3, 0.4) is 0 Å². The molecule has 78 valence electrons. The summed E-state index contributed by atoms with van der Waals surface area (Å²) in [5.41, 5.74) is 1.76. The molecule has 1 N–H and O–H groups in total. The summed E-state index contributed by atoms with van der Waals surface area (Å²) < 4.78 is 0. The number of hydrogen-bond acceptors (Lipinski definition) is 2. The number of hydrogen-bond donors (Lipinski definition) is 1. The standard InChI is InChI=1S/C12H13NO2/c1-13-12(15)10-7-6-8-4-2-3-5-9(8)11(10)14/h2-5,10H,6-7H2,1H3,(H,13,15). The first-order valence-corrected chi connectivity index (χ1v) is 5.07. The zero-order chi connectivity index (χ0) is 10.8. The predicted octanol–water partition coefficient (Wildman–Crippen LogP) is 1.18. The molecule has 0 aromatic heterocycles. The Morgan fingerprint density at radius 2 is 2.13 bits per heavy atom. The first-order chi connectivity index (χ1) is 7.24. The monoisotopic (exact) mass is 203 g/mol. The highest BCUT2D eigenvalue weighted by Gasteiger charge is 2.31. The van der Waals surface area contributed by atoms with Crippen molar-refractivity contribution in [3.8, 4) is 0 Å². The average Bonchev–Trinajstić information content (AvgIpc) is 2.29. The number of nitrogens with one attached hydrogen (secondary N) is 1. The second-order valence-corrected chi connectivity index (χ2v) is 3.73. The Bertz CT molecular complexity index is 412. The predicted molar refractivity (Wildman–Crippen MR) is 56.7 cm³/mol. The van der Waals surface area contributed by atoms with Crippen LogP contribution in [0.4, 0.5) is 0 Å². The van der Waals surface area contributed by atoms with Gasteiger partial charge in [-0.3, -0.25) is 9.59 Å². The molecule has 0 saturated carbocycles. The summed E-state index contributed by atoms with van der Waals surface area (Å²) in [4.78, 5) is 23.4. The first kappa shape index (κ1) is 9.90. The minimum atomic E-state index is -0.495. The number of ketones is 1. The van der Waals surface area contributed by atoms with Crippen molar-refractivity contribution in [1.29, 1.82) is 0 Å². The number of amides is 1. The number of carbonyl (C=O) groups excluding carboxylic acids is 2. The first-order valence-electron chi connectivity index (χ1n) is 5.07. The molecule has 0 heterocycles. The zero-order valence-electron chi connectivity index (χ0n) is 8.62. The van der Waals surface area contributed by atoms with Gasteiger partial charge in [0.05, 0.1) is 0 Å². The molecule has 0 aliphatic heterocycles. The van der Waals surface area contributed by atoms with Crippen LogP contribution in [0, 0.1) is 5.92 Å². The van der Waals surface area contributed by atoms with Crippen molar-refractivity contribution >= 4 is 11.7 Å². The van der Waals surface area contributed by atoms with E-state index < -0.39 is 5.92 Å². The van der Waals surface area contributed by atoms with E-state index >= 15 is 0 Å². The summed E-state index contributed by atoms with van der Waals surface area (Å²) in [5.74, 6) is -0.712. The minimum absolute atomic E-state index is 0.0452. The van der Waals surface area contributed by atoms with Gasteiger partial charge >= 0.3 is 0 Å². The summed E-state index contributed by atoms with van der Waals surface area (Å²) >= 11 is 0. The molecule has 0 spiro atoms. The molecule has 3 nitrogen and oxygen atoms in total. The third-order valence-electron chi connectivity index (χ3n) is 2.86. The van der Waals surface area contributed by atoms with Crippen molar-refractivity contribution in [3.63, 3.8) is 0 Å². The van der Waals surface area contributed by atoms with Crippen LogP contribution in [0.2, 0.25) is 0 Å². The van der Waals surface area contributed by atoms with Gasteiger partial charge in [-0.1, -0.05) is 24.3 Å². The fourth-order valence-corrected chi connectivity index (χ4v) is 2.02. The van der Waals surface area contributed by atoms with Gasteiger partial charge in [-0.15, -0.1) is 0 Å². The lowest BCUT2D eigenvalue weighted by molar-refractivity contribution is -0.123. The van der Waals surface area contributed by atoms with E-state index in [0.717, 1.165) is 12.0 Å². The van der Waals surface area contributed by atoms with Gasteiger partial charge in [-0.25, -0.2) is 0 Å². The van der Waals surface area contributed by atoms with E-state index in [0.29, 0.717) is 12.0 Å². The van der Waals surface area contributed by atoms with Gasteiger partial charge < -0.3 is 5.32 Å². The van der Waals surface area contributed by atoms with Crippen LogP contribution in [0.1, 0.15) is 22.3 Å². The SMILES string of the molecule is CNC(=O)C1CCc2ccccc2C1=O. The summed E-state index contributed by atoms with van der Waals surface area (Å²) in [7, 11) is 1.57. The van der Waals surface area contributed by atoms with Crippen LogP contribution in [0.15, 0.2) is 24.3 Å². The highest BCUT2D eigenvalue weighted by molar-refractivity contribution is 6.11. The second-order valence-electron chi connectivity index (χ2n) is 3.73. The van der Waals surface area contributed by atoms with Gasteiger partial charge in [0.25, 0.3) is 0 Å². The van der Waals surface area contributed by atoms with E-state index in [1.807, 2.05) is 18.2 Å². The van der Waals surface area contributed by atoms with Crippen LogP contribution < -0.4 is 5.32 Å². The van der Waals surface area contributed by atoms with Crippen molar-refractivity contribution < 1.29 is 9.59 Å². The molecule has 1 aliphatic carbocycles. The van der Waals surface area contributed by atoms with Gasteiger partial charge in [0.1, 0.15) is 5.92 Å². The fourth-order valence-electron chi connectivity index (χ4n) is 2.02. The number of aryl methyl sites for hydroxylation is 1. The Morgan fingerprint density at radius 1 is 1.40 bits per heavy atom. The molecular weight excluding hydrogens is 190 g/mol. The van der Waals surface area contributed by atoms with Crippen molar-refractivity contribution in [2.24, 2.45) is 5.92 Å². The van der Waals surface area contributed by atoms with Crippen molar-refractivity contribution in [2.75, 3.05) is 7.05 Å². The van der Waals surface area contributed by atoms with Gasteiger partial charge in [0, 0.05) is 12.6 Å². The van der Waals surface area contributed by atoms with E-state index in [1.165, 1.54) is 0 Å². The molecule has 1 aromatic rings. The number of benzene rings is 1. The van der Waals surface area contributed by atoms with Crippen LogP contribution in [-0.2, 0) is 11.2 Å². The molecule has 0 fully saturated rings. The molecule has 1 aliphatic rings. The molecule has 0 radical (unpaired) electrons. The lowest BCUT2D eigenvalue weighted by Crippen LogP contribution is -2.36. The Labute approximate surface area is 88.5 Å². The van der Waals surface area contributed by atoms with Crippen LogP contribution in [0.5, 0.6) is 0 Å². The maximum absolute atomic E-state index is 12.0. The van der Waals surface area contributed by atoms with E-state index in [2.05, 4.69) is 5.32 Å². The third kappa shape index (κ3) is 1.65. The molecule has 2 rings (SSSR count). The largest absolute Gasteiger partial charge is 0.359 e.